The molecule has 44 heavy (non-hydrogen) atoms. The quantitative estimate of drug-likeness (QED) is 0.0618. The molecule has 0 amide bonds. The molecule has 0 aliphatic carbocycles. The first-order valence-corrected chi connectivity index (χ1v) is 19.5. The molecule has 3 nitrogen and oxygen atoms in total. The standard InChI is InChI=1S/C40H57NO2Si/c1-40(2,3)44(6,7)43-32-21-13-11-9-8-10-12-20-26-38(34-22-16-14-17-23-34)39(35-24-18-15-19-25-35)36-27-29-37(30-28-36)42-33-31-41(4)5/h14-20,22-30H,8-13,21,31-33H2,1-7H3. The fraction of sp³-hybridized carbons (Fsp3) is 0.450. The van der Waals surface area contributed by atoms with E-state index in [-0.39, 0.29) is 0 Å². The molecule has 0 aromatic heterocycles. The van der Waals surface area contributed by atoms with Crippen LogP contribution in [0, 0.1) is 0 Å². The molecule has 0 spiro atoms. The summed E-state index contributed by atoms with van der Waals surface area (Å²) in [5.74, 6) is 0.905. The van der Waals surface area contributed by atoms with E-state index in [9.17, 15) is 0 Å². The summed E-state index contributed by atoms with van der Waals surface area (Å²) in [5.41, 5.74) is 6.13. The van der Waals surface area contributed by atoms with E-state index >= 15 is 0 Å². The molecule has 3 aromatic rings. The highest BCUT2D eigenvalue weighted by atomic mass is 28.4. The molecule has 0 aliphatic heterocycles. The molecule has 0 unspecified atom stereocenters. The van der Waals surface area contributed by atoms with Crippen LogP contribution in [0.3, 0.4) is 0 Å². The Morgan fingerprint density at radius 2 is 1.23 bits per heavy atom. The first-order valence-electron chi connectivity index (χ1n) is 16.6. The Morgan fingerprint density at radius 3 is 1.82 bits per heavy atom. The summed E-state index contributed by atoms with van der Waals surface area (Å²) in [4.78, 5) is 2.14. The van der Waals surface area contributed by atoms with E-state index in [0.717, 1.165) is 25.3 Å². The number of unbranched alkanes of at least 4 members (excludes halogenated alkanes) is 6. The maximum absolute atomic E-state index is 6.34. The lowest BCUT2D eigenvalue weighted by Gasteiger charge is -2.36. The van der Waals surface area contributed by atoms with Crippen LogP contribution in [-0.4, -0.2) is 47.1 Å². The van der Waals surface area contributed by atoms with E-state index in [4.69, 9.17) is 9.16 Å². The fourth-order valence-electron chi connectivity index (χ4n) is 4.90. The van der Waals surface area contributed by atoms with Crippen LogP contribution in [0.5, 0.6) is 5.75 Å². The van der Waals surface area contributed by atoms with Gasteiger partial charge in [-0.15, -0.1) is 0 Å². The summed E-state index contributed by atoms with van der Waals surface area (Å²) < 4.78 is 12.3. The number of nitrogens with zero attached hydrogens (tertiary/aromatic N) is 1. The summed E-state index contributed by atoms with van der Waals surface area (Å²) in [6.07, 6.45) is 13.4. The SMILES string of the molecule is CN(C)CCOc1ccc(C(=C(C=CCCCCCCCCO[Si](C)(C)C(C)(C)C)c2ccccc2)c2ccccc2)cc1. The van der Waals surface area contributed by atoms with Crippen molar-refractivity contribution in [3.8, 4) is 5.75 Å². The molecule has 3 aromatic carbocycles. The molecule has 4 heteroatoms. The molecule has 238 valence electrons. The molecule has 3 rings (SSSR count). The van der Waals surface area contributed by atoms with Gasteiger partial charge in [0, 0.05) is 13.2 Å². The number of benzene rings is 3. The second-order valence-electron chi connectivity index (χ2n) is 13.6. The fourth-order valence-corrected chi connectivity index (χ4v) is 5.99. The molecule has 0 N–H and O–H groups in total. The number of likely N-dealkylation sites (N-methyl/N-ethyl adjacent to an activating group) is 1. The van der Waals surface area contributed by atoms with Crippen molar-refractivity contribution in [2.45, 2.75) is 83.8 Å². The lowest BCUT2D eigenvalue weighted by molar-refractivity contribution is 0.261. The normalized spacial score (nSPS) is 13.0. The van der Waals surface area contributed by atoms with Crippen LogP contribution in [-0.2, 0) is 4.43 Å². The average molecular weight is 612 g/mol. The van der Waals surface area contributed by atoms with Crippen molar-refractivity contribution >= 4 is 19.5 Å². The van der Waals surface area contributed by atoms with Gasteiger partial charge in [-0.2, -0.15) is 0 Å². The monoisotopic (exact) mass is 611 g/mol. The van der Waals surface area contributed by atoms with E-state index in [1.54, 1.807) is 0 Å². The van der Waals surface area contributed by atoms with Crippen molar-refractivity contribution in [2.75, 3.05) is 33.9 Å². The van der Waals surface area contributed by atoms with Gasteiger partial charge in [-0.1, -0.05) is 131 Å². The van der Waals surface area contributed by atoms with Crippen LogP contribution >= 0.6 is 0 Å². The maximum atomic E-state index is 6.34. The second-order valence-corrected chi connectivity index (χ2v) is 18.4. The first-order chi connectivity index (χ1) is 21.1. The minimum absolute atomic E-state index is 0.295. The first kappa shape index (κ1) is 35.6. The van der Waals surface area contributed by atoms with Crippen LogP contribution < -0.4 is 4.74 Å². The lowest BCUT2D eigenvalue weighted by Crippen LogP contribution is -2.40. The topological polar surface area (TPSA) is 21.7 Å². The summed E-state index contributed by atoms with van der Waals surface area (Å²) in [6, 6.07) is 30.1. The number of allylic oxidation sites excluding steroid dienone is 3. The van der Waals surface area contributed by atoms with Gasteiger partial charge in [-0.3, -0.25) is 0 Å². The van der Waals surface area contributed by atoms with Crippen molar-refractivity contribution in [1.82, 2.24) is 4.90 Å². The number of hydrogen-bond donors (Lipinski definition) is 0. The number of hydrogen-bond acceptors (Lipinski definition) is 3. The van der Waals surface area contributed by atoms with Gasteiger partial charge in [0.1, 0.15) is 12.4 Å². The maximum Gasteiger partial charge on any atom is 0.191 e. The lowest BCUT2D eigenvalue weighted by atomic mass is 9.89. The Hall–Kier alpha value is -2.92. The van der Waals surface area contributed by atoms with Gasteiger partial charge in [0.15, 0.2) is 8.32 Å². The third-order valence-electron chi connectivity index (χ3n) is 8.69. The molecule has 0 atom stereocenters. The third-order valence-corrected chi connectivity index (χ3v) is 13.2. The van der Waals surface area contributed by atoms with E-state index in [1.165, 1.54) is 66.4 Å². The Kier molecular flexibility index (Phi) is 14.7. The van der Waals surface area contributed by atoms with Gasteiger partial charge >= 0.3 is 0 Å². The molecule has 0 aliphatic rings. The van der Waals surface area contributed by atoms with Crippen molar-refractivity contribution in [3.05, 3.63) is 114 Å². The zero-order chi connectivity index (χ0) is 31.8. The van der Waals surface area contributed by atoms with E-state index in [1.807, 2.05) is 0 Å². The van der Waals surface area contributed by atoms with Crippen LogP contribution in [0.25, 0.3) is 11.1 Å². The van der Waals surface area contributed by atoms with Crippen LogP contribution in [0.2, 0.25) is 18.1 Å². The zero-order valence-electron chi connectivity index (χ0n) is 28.6. The van der Waals surface area contributed by atoms with E-state index in [0.29, 0.717) is 11.6 Å². The van der Waals surface area contributed by atoms with Gasteiger partial charge in [0.25, 0.3) is 0 Å². The predicted octanol–water partition coefficient (Wildman–Crippen LogP) is 10.9. The molecule has 0 saturated heterocycles. The van der Waals surface area contributed by atoms with E-state index < -0.39 is 8.32 Å². The zero-order valence-corrected chi connectivity index (χ0v) is 29.6. The Labute approximate surface area is 270 Å². The average Bonchev–Trinajstić information content (AvgIpc) is 3.00. The summed E-state index contributed by atoms with van der Waals surface area (Å²) in [5, 5.41) is 0.295. The number of rotatable bonds is 18. The Morgan fingerprint density at radius 1 is 0.682 bits per heavy atom. The predicted molar refractivity (Wildman–Crippen MR) is 194 cm³/mol. The van der Waals surface area contributed by atoms with Crippen molar-refractivity contribution in [1.29, 1.82) is 0 Å². The summed E-state index contributed by atoms with van der Waals surface area (Å²) in [6.45, 7) is 14.1. The Balaban J connectivity index is 1.65. The van der Waals surface area contributed by atoms with Crippen molar-refractivity contribution in [2.24, 2.45) is 0 Å². The molecule has 0 fully saturated rings. The van der Waals surface area contributed by atoms with Crippen molar-refractivity contribution in [3.63, 3.8) is 0 Å². The molecule has 0 heterocycles. The van der Waals surface area contributed by atoms with Crippen LogP contribution in [0.1, 0.15) is 82.4 Å². The third kappa shape index (κ3) is 11.9. The largest absolute Gasteiger partial charge is 0.492 e. The summed E-state index contributed by atoms with van der Waals surface area (Å²) >= 11 is 0. The van der Waals surface area contributed by atoms with Gasteiger partial charge in [-0.25, -0.2) is 0 Å². The van der Waals surface area contributed by atoms with E-state index in [2.05, 4.69) is 150 Å². The highest BCUT2D eigenvalue weighted by molar-refractivity contribution is 6.74. The molecule has 0 saturated carbocycles. The minimum atomic E-state index is -1.61. The smallest absolute Gasteiger partial charge is 0.191 e. The van der Waals surface area contributed by atoms with Crippen molar-refractivity contribution < 1.29 is 9.16 Å². The number of ether oxygens (including phenoxy) is 1. The minimum Gasteiger partial charge on any atom is -0.492 e. The van der Waals surface area contributed by atoms with Gasteiger partial charge in [0.05, 0.1) is 0 Å². The van der Waals surface area contributed by atoms with Gasteiger partial charge in [-0.05, 0) is 91.5 Å². The molecular weight excluding hydrogens is 555 g/mol. The highest BCUT2D eigenvalue weighted by Gasteiger charge is 2.36. The van der Waals surface area contributed by atoms with Gasteiger partial charge in [0.2, 0.25) is 0 Å². The molecular formula is C40H57NO2Si. The molecule has 0 bridgehead atoms. The second kappa shape index (κ2) is 18.1. The molecule has 0 radical (unpaired) electrons. The summed E-state index contributed by atoms with van der Waals surface area (Å²) in [7, 11) is 2.52. The Bertz CT molecular complexity index is 1270. The van der Waals surface area contributed by atoms with Gasteiger partial charge < -0.3 is 14.1 Å². The van der Waals surface area contributed by atoms with Crippen LogP contribution in [0.15, 0.2) is 97.1 Å². The highest BCUT2D eigenvalue weighted by Crippen LogP contribution is 2.37. The van der Waals surface area contributed by atoms with Crippen LogP contribution in [0.4, 0.5) is 0 Å².